The van der Waals surface area contributed by atoms with Crippen LogP contribution in [0, 0.1) is 0 Å². The lowest BCUT2D eigenvalue weighted by Gasteiger charge is -2.21. The molecule has 1 atom stereocenters. The molecule has 1 aliphatic heterocycles. The molecular formula is C12H17N3O6. The Bertz CT molecular complexity index is 462. The maximum absolute atomic E-state index is 11.5. The van der Waals surface area contributed by atoms with Crippen molar-refractivity contribution in [2.45, 2.75) is 44.6 Å². The standard InChI is InChI=1S/C12H17N3O6/c16-8(3-1-2-4-10(18)19)15-12(21)13-7-5-6-9(17)14-11(7)20/h7H,1-6H2,(H,18,19)(H,14,17,20)(H2,13,15,16,21). The van der Waals surface area contributed by atoms with Crippen LogP contribution in [0.1, 0.15) is 38.5 Å². The lowest BCUT2D eigenvalue weighted by molar-refractivity contribution is -0.137. The molecular weight excluding hydrogens is 282 g/mol. The first-order valence-corrected chi connectivity index (χ1v) is 6.54. The third kappa shape index (κ3) is 6.50. The minimum absolute atomic E-state index is 0.0239. The van der Waals surface area contributed by atoms with Gasteiger partial charge in [0.2, 0.25) is 17.7 Å². The van der Waals surface area contributed by atoms with Gasteiger partial charge in [0.15, 0.2) is 0 Å². The van der Waals surface area contributed by atoms with E-state index in [0.717, 1.165) is 0 Å². The summed E-state index contributed by atoms with van der Waals surface area (Å²) in [5.41, 5.74) is 0. The third-order valence-electron chi connectivity index (χ3n) is 2.84. The van der Waals surface area contributed by atoms with Crippen LogP contribution in [0.15, 0.2) is 0 Å². The first kappa shape index (κ1) is 16.6. The van der Waals surface area contributed by atoms with E-state index in [0.29, 0.717) is 12.8 Å². The molecule has 0 aromatic heterocycles. The molecule has 1 aliphatic rings. The van der Waals surface area contributed by atoms with E-state index in [1.54, 1.807) is 0 Å². The van der Waals surface area contributed by atoms with E-state index in [9.17, 15) is 24.0 Å². The van der Waals surface area contributed by atoms with E-state index in [-0.39, 0.29) is 25.7 Å². The Morgan fingerprint density at radius 2 is 1.86 bits per heavy atom. The number of aliphatic carboxylic acids is 1. The lowest BCUT2D eigenvalue weighted by Crippen LogP contribution is -2.55. The van der Waals surface area contributed by atoms with Crippen LogP contribution in [0.2, 0.25) is 0 Å². The summed E-state index contributed by atoms with van der Waals surface area (Å²) in [6, 6.07) is -1.66. The molecule has 1 unspecified atom stereocenters. The fourth-order valence-corrected chi connectivity index (χ4v) is 1.78. The van der Waals surface area contributed by atoms with E-state index in [1.165, 1.54) is 0 Å². The number of piperidine rings is 1. The summed E-state index contributed by atoms with van der Waals surface area (Å²) in [6.07, 6.45) is 0.998. The summed E-state index contributed by atoms with van der Waals surface area (Å²) >= 11 is 0. The second kappa shape index (κ2) is 7.98. The van der Waals surface area contributed by atoms with Gasteiger partial charge in [-0.1, -0.05) is 0 Å². The second-order valence-electron chi connectivity index (χ2n) is 4.63. The van der Waals surface area contributed by atoms with E-state index < -0.39 is 35.8 Å². The van der Waals surface area contributed by atoms with Gasteiger partial charge in [0, 0.05) is 19.3 Å². The van der Waals surface area contributed by atoms with Crippen molar-refractivity contribution < 1.29 is 29.1 Å². The molecule has 0 saturated carbocycles. The highest BCUT2D eigenvalue weighted by Crippen LogP contribution is 2.04. The number of carbonyl (C=O) groups excluding carboxylic acids is 4. The van der Waals surface area contributed by atoms with E-state index in [4.69, 9.17) is 5.11 Å². The molecule has 0 radical (unpaired) electrons. The molecule has 5 amide bonds. The van der Waals surface area contributed by atoms with Crippen LogP contribution < -0.4 is 16.0 Å². The third-order valence-corrected chi connectivity index (χ3v) is 2.84. The predicted octanol–water partition coefficient (Wildman–Crippen LogP) is -0.738. The fourth-order valence-electron chi connectivity index (χ4n) is 1.78. The van der Waals surface area contributed by atoms with Crippen LogP contribution in [0.25, 0.3) is 0 Å². The average molecular weight is 299 g/mol. The highest BCUT2D eigenvalue weighted by Gasteiger charge is 2.28. The largest absolute Gasteiger partial charge is 0.481 e. The summed E-state index contributed by atoms with van der Waals surface area (Å²) in [5.74, 6) is -2.49. The van der Waals surface area contributed by atoms with Gasteiger partial charge in [-0.15, -0.1) is 0 Å². The molecule has 0 spiro atoms. The average Bonchev–Trinajstić information content (AvgIpc) is 2.38. The van der Waals surface area contributed by atoms with Crippen molar-refractivity contribution in [1.82, 2.24) is 16.0 Å². The van der Waals surface area contributed by atoms with Gasteiger partial charge in [-0.05, 0) is 19.3 Å². The van der Waals surface area contributed by atoms with Gasteiger partial charge in [0.25, 0.3) is 0 Å². The molecule has 1 rings (SSSR count). The van der Waals surface area contributed by atoms with Gasteiger partial charge < -0.3 is 10.4 Å². The number of hydrogen-bond acceptors (Lipinski definition) is 5. The molecule has 21 heavy (non-hydrogen) atoms. The maximum atomic E-state index is 11.5. The van der Waals surface area contributed by atoms with Gasteiger partial charge in [0.05, 0.1) is 0 Å². The quantitative estimate of drug-likeness (QED) is 0.376. The SMILES string of the molecule is O=C(O)CCCCC(=O)NC(=O)NC1CCC(=O)NC1=O. The zero-order valence-electron chi connectivity index (χ0n) is 11.3. The van der Waals surface area contributed by atoms with Crippen molar-refractivity contribution in [2.24, 2.45) is 0 Å². The summed E-state index contributed by atoms with van der Waals surface area (Å²) in [5, 5.41) is 14.8. The molecule has 1 saturated heterocycles. The maximum Gasteiger partial charge on any atom is 0.322 e. The van der Waals surface area contributed by atoms with Gasteiger partial charge in [-0.25, -0.2) is 4.79 Å². The number of carboxylic acids is 1. The number of carbonyl (C=O) groups is 5. The fraction of sp³-hybridized carbons (Fsp3) is 0.583. The number of rotatable bonds is 6. The van der Waals surface area contributed by atoms with E-state index >= 15 is 0 Å². The minimum atomic E-state index is -0.939. The van der Waals surface area contributed by atoms with Crippen LogP contribution in [-0.2, 0) is 19.2 Å². The Morgan fingerprint density at radius 3 is 2.48 bits per heavy atom. The first-order chi connectivity index (χ1) is 9.88. The smallest absolute Gasteiger partial charge is 0.322 e. The van der Waals surface area contributed by atoms with Gasteiger partial charge in [-0.2, -0.15) is 0 Å². The molecule has 0 bridgehead atoms. The molecule has 4 N–H and O–H groups in total. The minimum Gasteiger partial charge on any atom is -0.481 e. The molecule has 1 fully saturated rings. The molecule has 0 aromatic rings. The zero-order valence-corrected chi connectivity index (χ0v) is 11.3. The molecule has 9 heteroatoms. The van der Waals surface area contributed by atoms with Crippen molar-refractivity contribution in [3.8, 4) is 0 Å². The van der Waals surface area contributed by atoms with Crippen molar-refractivity contribution in [1.29, 1.82) is 0 Å². The van der Waals surface area contributed by atoms with Crippen LogP contribution in [0.4, 0.5) is 4.79 Å². The number of amides is 5. The van der Waals surface area contributed by atoms with Gasteiger partial charge >= 0.3 is 12.0 Å². The Hall–Kier alpha value is -2.45. The Labute approximate surface area is 120 Å². The van der Waals surface area contributed by atoms with Crippen LogP contribution >= 0.6 is 0 Å². The number of imide groups is 2. The Balaban J connectivity index is 2.23. The van der Waals surface area contributed by atoms with E-state index in [1.807, 2.05) is 5.32 Å². The number of unbranched alkanes of at least 4 members (excludes halogenated alkanes) is 1. The van der Waals surface area contributed by atoms with Crippen LogP contribution in [-0.4, -0.2) is 40.9 Å². The molecule has 9 nitrogen and oxygen atoms in total. The molecule has 0 aliphatic carbocycles. The Kier molecular flexibility index (Phi) is 6.31. The highest BCUT2D eigenvalue weighted by atomic mass is 16.4. The van der Waals surface area contributed by atoms with Crippen molar-refractivity contribution in [3.05, 3.63) is 0 Å². The molecule has 1 heterocycles. The highest BCUT2D eigenvalue weighted by molar-refractivity contribution is 6.02. The number of carboxylic acid groups (broad SMARTS) is 1. The van der Waals surface area contributed by atoms with Crippen LogP contribution in [0.5, 0.6) is 0 Å². The second-order valence-corrected chi connectivity index (χ2v) is 4.63. The molecule has 116 valence electrons. The summed E-state index contributed by atoms with van der Waals surface area (Å²) in [4.78, 5) is 55.5. The molecule has 0 aromatic carbocycles. The van der Waals surface area contributed by atoms with Crippen LogP contribution in [0.3, 0.4) is 0 Å². The van der Waals surface area contributed by atoms with Gasteiger partial charge in [-0.3, -0.25) is 29.8 Å². The number of urea groups is 1. The van der Waals surface area contributed by atoms with Crippen molar-refractivity contribution in [3.63, 3.8) is 0 Å². The predicted molar refractivity (Wildman–Crippen MR) is 68.9 cm³/mol. The van der Waals surface area contributed by atoms with Crippen molar-refractivity contribution >= 4 is 29.7 Å². The lowest BCUT2D eigenvalue weighted by atomic mass is 10.1. The monoisotopic (exact) mass is 299 g/mol. The number of nitrogens with one attached hydrogen (secondary N) is 3. The van der Waals surface area contributed by atoms with Crippen molar-refractivity contribution in [2.75, 3.05) is 0 Å². The summed E-state index contributed by atoms with van der Waals surface area (Å²) < 4.78 is 0. The Morgan fingerprint density at radius 1 is 1.19 bits per heavy atom. The normalized spacial score (nSPS) is 17.8. The summed E-state index contributed by atoms with van der Waals surface area (Å²) in [6.45, 7) is 0. The summed E-state index contributed by atoms with van der Waals surface area (Å²) in [7, 11) is 0. The van der Waals surface area contributed by atoms with Gasteiger partial charge in [0.1, 0.15) is 6.04 Å². The first-order valence-electron chi connectivity index (χ1n) is 6.54. The topological polar surface area (TPSA) is 142 Å². The zero-order chi connectivity index (χ0) is 15.8. The van der Waals surface area contributed by atoms with E-state index in [2.05, 4.69) is 10.6 Å². The number of hydrogen-bond donors (Lipinski definition) is 4.